The van der Waals surface area contributed by atoms with Gasteiger partial charge in [-0.2, -0.15) is 0 Å². The normalized spacial score (nSPS) is 22.8. The summed E-state index contributed by atoms with van der Waals surface area (Å²) in [7, 11) is 4.48. The van der Waals surface area contributed by atoms with Crippen LogP contribution in [-0.2, 0) is 0 Å². The van der Waals surface area contributed by atoms with Crippen molar-refractivity contribution in [3.63, 3.8) is 0 Å². The number of hydrogen-bond donors (Lipinski definition) is 0. The van der Waals surface area contributed by atoms with E-state index in [1.807, 2.05) is 0 Å². The maximum absolute atomic E-state index is 2.73. The van der Waals surface area contributed by atoms with E-state index >= 15 is 0 Å². The second kappa shape index (κ2) is 9.19. The van der Waals surface area contributed by atoms with Crippen LogP contribution in [0, 0.1) is 0 Å². The molecule has 0 aliphatic carbocycles. The van der Waals surface area contributed by atoms with Crippen LogP contribution in [0.1, 0.15) is 23.2 Å². The molecule has 0 amide bonds. The Morgan fingerprint density at radius 2 is 0.821 bits per heavy atom. The third-order valence-electron chi connectivity index (χ3n) is 6.44. The van der Waals surface area contributed by atoms with E-state index in [0.717, 1.165) is 52.4 Å². The van der Waals surface area contributed by atoms with E-state index < -0.39 is 0 Å². The summed E-state index contributed by atoms with van der Waals surface area (Å²) < 4.78 is 0. The molecule has 28 heavy (non-hydrogen) atoms. The number of rotatable bonds is 5. The molecule has 2 saturated heterocycles. The van der Waals surface area contributed by atoms with Crippen molar-refractivity contribution in [1.82, 2.24) is 19.6 Å². The van der Waals surface area contributed by atoms with Gasteiger partial charge in [-0.05, 0) is 25.2 Å². The van der Waals surface area contributed by atoms with Gasteiger partial charge in [-0.3, -0.25) is 9.80 Å². The van der Waals surface area contributed by atoms with Gasteiger partial charge in [-0.15, -0.1) is 0 Å². The topological polar surface area (TPSA) is 13.0 Å². The second-order valence-electron chi connectivity index (χ2n) is 8.39. The lowest BCUT2D eigenvalue weighted by atomic mass is 9.89. The fraction of sp³-hybridized carbons (Fsp3) is 0.500. The van der Waals surface area contributed by atoms with Gasteiger partial charge < -0.3 is 9.80 Å². The minimum absolute atomic E-state index is 0.390. The van der Waals surface area contributed by atoms with Crippen LogP contribution in [0.5, 0.6) is 0 Å². The van der Waals surface area contributed by atoms with Gasteiger partial charge in [0.2, 0.25) is 0 Å². The minimum Gasteiger partial charge on any atom is -0.304 e. The van der Waals surface area contributed by atoms with E-state index in [1.54, 1.807) is 0 Å². The fourth-order valence-corrected chi connectivity index (χ4v) is 4.69. The molecule has 4 rings (SSSR count). The third kappa shape index (κ3) is 4.47. The second-order valence-corrected chi connectivity index (χ2v) is 8.39. The molecule has 2 aromatic carbocycles. The largest absolute Gasteiger partial charge is 0.304 e. The Hall–Kier alpha value is -1.72. The number of nitrogens with zero attached hydrogens (tertiary/aromatic N) is 4. The van der Waals surface area contributed by atoms with E-state index in [-0.39, 0.29) is 0 Å². The van der Waals surface area contributed by atoms with Gasteiger partial charge in [0.05, 0.1) is 12.1 Å². The van der Waals surface area contributed by atoms with E-state index in [2.05, 4.69) is 94.4 Å². The molecule has 2 atom stereocenters. The molecule has 2 unspecified atom stereocenters. The Morgan fingerprint density at radius 1 is 0.500 bits per heavy atom. The maximum Gasteiger partial charge on any atom is 0.0546 e. The van der Waals surface area contributed by atoms with Crippen LogP contribution >= 0.6 is 0 Å². The highest BCUT2D eigenvalue weighted by Gasteiger charge is 2.36. The smallest absolute Gasteiger partial charge is 0.0546 e. The molecule has 0 saturated carbocycles. The first-order chi connectivity index (χ1) is 13.7. The van der Waals surface area contributed by atoms with Crippen molar-refractivity contribution in [2.45, 2.75) is 12.1 Å². The van der Waals surface area contributed by atoms with Crippen molar-refractivity contribution >= 4 is 0 Å². The highest BCUT2D eigenvalue weighted by molar-refractivity contribution is 5.28. The first-order valence-corrected chi connectivity index (χ1v) is 10.7. The Morgan fingerprint density at radius 3 is 1.14 bits per heavy atom. The third-order valence-corrected chi connectivity index (χ3v) is 6.44. The summed E-state index contributed by atoms with van der Waals surface area (Å²) in [6, 6.07) is 23.2. The van der Waals surface area contributed by atoms with Crippen molar-refractivity contribution in [1.29, 1.82) is 0 Å². The maximum atomic E-state index is 2.73. The van der Waals surface area contributed by atoms with Crippen LogP contribution < -0.4 is 0 Å². The Kier molecular flexibility index (Phi) is 6.43. The molecular formula is C24H34N4. The van der Waals surface area contributed by atoms with Crippen LogP contribution in [0.2, 0.25) is 0 Å². The summed E-state index contributed by atoms with van der Waals surface area (Å²) in [5.74, 6) is 0. The van der Waals surface area contributed by atoms with Gasteiger partial charge in [-0.1, -0.05) is 60.7 Å². The summed E-state index contributed by atoms with van der Waals surface area (Å²) in [5, 5.41) is 0. The number of piperazine rings is 2. The average Bonchev–Trinajstić information content (AvgIpc) is 2.75. The predicted octanol–water partition coefficient (Wildman–Crippen LogP) is 2.96. The standard InChI is InChI=1S/C24H34N4/c1-25-13-17-27(18-14-25)23(21-9-5-3-6-10-21)24(22-11-7-4-8-12-22)28-19-15-26(2)16-20-28/h3-12,23-24H,13-20H2,1-2H3. The van der Waals surface area contributed by atoms with Crippen LogP contribution in [0.4, 0.5) is 0 Å². The zero-order valence-corrected chi connectivity index (χ0v) is 17.4. The van der Waals surface area contributed by atoms with Gasteiger partial charge in [0.1, 0.15) is 0 Å². The predicted molar refractivity (Wildman–Crippen MR) is 117 cm³/mol. The molecule has 4 heteroatoms. The van der Waals surface area contributed by atoms with Crippen molar-refractivity contribution in [2.75, 3.05) is 66.5 Å². The van der Waals surface area contributed by atoms with Crippen molar-refractivity contribution < 1.29 is 0 Å². The molecule has 0 radical (unpaired) electrons. The van der Waals surface area contributed by atoms with Gasteiger partial charge >= 0.3 is 0 Å². The lowest BCUT2D eigenvalue weighted by Gasteiger charge is -2.47. The molecule has 2 aliphatic heterocycles. The number of likely N-dealkylation sites (N-methyl/N-ethyl adjacent to an activating group) is 2. The molecule has 150 valence electrons. The highest BCUT2D eigenvalue weighted by atomic mass is 15.3. The molecule has 2 aliphatic rings. The summed E-state index contributed by atoms with van der Waals surface area (Å²) in [5.41, 5.74) is 2.89. The summed E-state index contributed by atoms with van der Waals surface area (Å²) in [6.07, 6.45) is 0. The zero-order chi connectivity index (χ0) is 19.3. The lowest BCUT2D eigenvalue weighted by molar-refractivity contribution is 0.0239. The molecule has 0 spiro atoms. The first-order valence-electron chi connectivity index (χ1n) is 10.7. The number of benzene rings is 2. The van der Waals surface area contributed by atoms with E-state index in [4.69, 9.17) is 0 Å². The zero-order valence-electron chi connectivity index (χ0n) is 17.4. The molecular weight excluding hydrogens is 344 g/mol. The van der Waals surface area contributed by atoms with Crippen LogP contribution in [-0.4, -0.2) is 86.1 Å². The van der Waals surface area contributed by atoms with Crippen LogP contribution in [0.3, 0.4) is 0 Å². The van der Waals surface area contributed by atoms with Gasteiger partial charge in [-0.25, -0.2) is 0 Å². The molecule has 0 aromatic heterocycles. The highest BCUT2D eigenvalue weighted by Crippen LogP contribution is 2.39. The van der Waals surface area contributed by atoms with Crippen LogP contribution in [0.25, 0.3) is 0 Å². The Balaban J connectivity index is 1.72. The molecule has 0 bridgehead atoms. The summed E-state index contributed by atoms with van der Waals surface area (Å²) in [6.45, 7) is 9.11. The molecule has 4 nitrogen and oxygen atoms in total. The quantitative estimate of drug-likeness (QED) is 0.793. The van der Waals surface area contributed by atoms with Gasteiger partial charge in [0.15, 0.2) is 0 Å². The Bertz CT molecular complexity index is 640. The van der Waals surface area contributed by atoms with Crippen molar-refractivity contribution in [3.8, 4) is 0 Å². The molecule has 0 N–H and O–H groups in total. The fourth-order valence-electron chi connectivity index (χ4n) is 4.69. The monoisotopic (exact) mass is 378 g/mol. The van der Waals surface area contributed by atoms with Gasteiger partial charge in [0, 0.05) is 52.4 Å². The van der Waals surface area contributed by atoms with E-state index in [1.165, 1.54) is 11.1 Å². The number of hydrogen-bond acceptors (Lipinski definition) is 4. The van der Waals surface area contributed by atoms with E-state index in [0.29, 0.717) is 12.1 Å². The molecule has 2 fully saturated rings. The minimum atomic E-state index is 0.390. The molecule has 2 aromatic rings. The van der Waals surface area contributed by atoms with E-state index in [9.17, 15) is 0 Å². The first kappa shape index (κ1) is 19.6. The van der Waals surface area contributed by atoms with Crippen molar-refractivity contribution in [2.24, 2.45) is 0 Å². The Labute approximate surface area is 170 Å². The lowest BCUT2D eigenvalue weighted by Crippen LogP contribution is -2.52. The summed E-state index contributed by atoms with van der Waals surface area (Å²) >= 11 is 0. The van der Waals surface area contributed by atoms with Crippen molar-refractivity contribution in [3.05, 3.63) is 71.8 Å². The average molecular weight is 379 g/mol. The summed E-state index contributed by atoms with van der Waals surface area (Å²) in [4.78, 5) is 10.4. The molecule has 2 heterocycles. The van der Waals surface area contributed by atoms with Gasteiger partial charge in [0.25, 0.3) is 0 Å². The van der Waals surface area contributed by atoms with Crippen LogP contribution in [0.15, 0.2) is 60.7 Å². The SMILES string of the molecule is CN1CCN(C(c2ccccc2)C(c2ccccc2)N2CCN(C)CC2)CC1.